The second-order valence-electron chi connectivity index (χ2n) is 6.64. The Morgan fingerprint density at radius 1 is 1.43 bits per heavy atom. The molecule has 23 heavy (non-hydrogen) atoms. The van der Waals surface area contributed by atoms with Crippen molar-refractivity contribution in [3.05, 3.63) is 36.1 Å². The molecule has 1 aliphatic carbocycles. The van der Waals surface area contributed by atoms with E-state index >= 15 is 0 Å². The van der Waals surface area contributed by atoms with Crippen LogP contribution in [0.1, 0.15) is 64.7 Å². The normalized spacial score (nSPS) is 17.5. The molecule has 128 valence electrons. The third-order valence-corrected chi connectivity index (χ3v) is 4.54. The third kappa shape index (κ3) is 9.25. The fourth-order valence-electron chi connectivity index (χ4n) is 3.37. The molecule has 3 nitrogen and oxygen atoms in total. The number of nitrogens with one attached hydrogen (secondary N) is 1. The van der Waals surface area contributed by atoms with E-state index in [4.69, 9.17) is 11.0 Å². The van der Waals surface area contributed by atoms with Gasteiger partial charge in [0.2, 0.25) is 0 Å². The molecule has 1 atom stereocenters. The Bertz CT molecular complexity index is 436. The van der Waals surface area contributed by atoms with Crippen LogP contribution in [0, 0.1) is 17.2 Å². The molecule has 1 aliphatic rings. The number of nitriles is 1. The van der Waals surface area contributed by atoms with E-state index in [1.165, 1.54) is 37.7 Å². The summed E-state index contributed by atoms with van der Waals surface area (Å²) in [6.45, 7) is 7.08. The van der Waals surface area contributed by atoms with E-state index in [-0.39, 0.29) is 0 Å². The molecule has 1 unspecified atom stereocenters. The number of nitrogens with two attached hydrogens (primary N) is 1. The lowest BCUT2D eigenvalue weighted by Crippen LogP contribution is -2.33. The van der Waals surface area contributed by atoms with E-state index in [1.807, 2.05) is 19.1 Å². The number of rotatable bonds is 11. The lowest BCUT2D eigenvalue weighted by molar-refractivity contribution is 0.381. The van der Waals surface area contributed by atoms with E-state index in [0.29, 0.717) is 12.5 Å². The average Bonchev–Trinajstić information content (AvgIpc) is 3.02. The molecule has 0 aromatic carbocycles. The molecular weight excluding hydrogens is 282 g/mol. The SMILES string of the molecule is C=C(/C=C\C)CCCNC(C/C(N)=C/CC#N)CC1CCCC1. The molecule has 1 saturated carbocycles. The fourth-order valence-corrected chi connectivity index (χ4v) is 3.37. The number of nitrogens with zero attached hydrogens (tertiary/aromatic N) is 1. The quantitative estimate of drug-likeness (QED) is 0.433. The molecule has 0 spiro atoms. The highest BCUT2D eigenvalue weighted by Gasteiger charge is 2.20. The van der Waals surface area contributed by atoms with Crippen LogP contribution in [0.25, 0.3) is 0 Å². The summed E-state index contributed by atoms with van der Waals surface area (Å²) in [5.41, 5.74) is 8.11. The third-order valence-electron chi connectivity index (χ3n) is 4.54. The molecule has 0 aliphatic heterocycles. The molecule has 3 heteroatoms. The lowest BCUT2D eigenvalue weighted by Gasteiger charge is -2.22. The van der Waals surface area contributed by atoms with Gasteiger partial charge in [0.15, 0.2) is 0 Å². The van der Waals surface area contributed by atoms with Crippen molar-refractivity contribution in [2.45, 2.75) is 70.8 Å². The Morgan fingerprint density at radius 2 is 2.17 bits per heavy atom. The van der Waals surface area contributed by atoms with Gasteiger partial charge in [-0.05, 0) is 38.6 Å². The van der Waals surface area contributed by atoms with Gasteiger partial charge in [-0.3, -0.25) is 0 Å². The fraction of sp³-hybridized carbons (Fsp3) is 0.650. The largest absolute Gasteiger partial charge is 0.402 e. The first-order valence-electron chi connectivity index (χ1n) is 9.01. The van der Waals surface area contributed by atoms with Gasteiger partial charge in [0.25, 0.3) is 0 Å². The van der Waals surface area contributed by atoms with Crippen LogP contribution in [0.2, 0.25) is 0 Å². The first-order valence-corrected chi connectivity index (χ1v) is 9.01. The van der Waals surface area contributed by atoms with Gasteiger partial charge in [-0.1, -0.05) is 56.1 Å². The Kier molecular flexibility index (Phi) is 10.2. The molecule has 0 radical (unpaired) electrons. The van der Waals surface area contributed by atoms with E-state index in [0.717, 1.165) is 37.4 Å². The van der Waals surface area contributed by atoms with Crippen LogP contribution in [0.3, 0.4) is 0 Å². The van der Waals surface area contributed by atoms with Crippen LogP contribution in [-0.2, 0) is 0 Å². The maximum absolute atomic E-state index is 8.67. The number of hydrogen-bond donors (Lipinski definition) is 2. The van der Waals surface area contributed by atoms with Crippen molar-refractivity contribution in [3.63, 3.8) is 0 Å². The Morgan fingerprint density at radius 3 is 2.83 bits per heavy atom. The minimum atomic E-state index is 0.408. The van der Waals surface area contributed by atoms with Crippen LogP contribution in [0.5, 0.6) is 0 Å². The molecule has 3 N–H and O–H groups in total. The van der Waals surface area contributed by atoms with Crippen molar-refractivity contribution in [1.29, 1.82) is 5.26 Å². The lowest BCUT2D eigenvalue weighted by atomic mass is 9.95. The molecule has 0 aromatic rings. The second kappa shape index (κ2) is 12.0. The zero-order valence-electron chi connectivity index (χ0n) is 14.7. The van der Waals surface area contributed by atoms with Gasteiger partial charge in [-0.2, -0.15) is 5.26 Å². The van der Waals surface area contributed by atoms with E-state index in [1.54, 1.807) is 0 Å². The van der Waals surface area contributed by atoms with Crippen LogP contribution in [0.4, 0.5) is 0 Å². The van der Waals surface area contributed by atoms with E-state index in [2.05, 4.69) is 24.0 Å². The summed E-state index contributed by atoms with van der Waals surface area (Å²) in [6.07, 6.45) is 16.1. The summed E-state index contributed by atoms with van der Waals surface area (Å²) in [5.74, 6) is 0.842. The first-order chi connectivity index (χ1) is 11.2. The highest BCUT2D eigenvalue weighted by atomic mass is 14.9. The summed E-state index contributed by atoms with van der Waals surface area (Å²) in [5, 5.41) is 12.4. The zero-order valence-corrected chi connectivity index (χ0v) is 14.7. The van der Waals surface area contributed by atoms with Gasteiger partial charge >= 0.3 is 0 Å². The highest BCUT2D eigenvalue weighted by Crippen LogP contribution is 2.29. The van der Waals surface area contributed by atoms with Crippen LogP contribution < -0.4 is 11.1 Å². The van der Waals surface area contributed by atoms with Crippen molar-refractivity contribution in [2.75, 3.05) is 6.54 Å². The van der Waals surface area contributed by atoms with Gasteiger partial charge < -0.3 is 11.1 Å². The van der Waals surface area contributed by atoms with Crippen LogP contribution in [0.15, 0.2) is 36.1 Å². The molecule has 0 amide bonds. The average molecular weight is 316 g/mol. The molecule has 1 fully saturated rings. The van der Waals surface area contributed by atoms with Gasteiger partial charge in [-0.15, -0.1) is 0 Å². The van der Waals surface area contributed by atoms with Crippen molar-refractivity contribution in [3.8, 4) is 6.07 Å². The second-order valence-corrected chi connectivity index (χ2v) is 6.64. The summed E-state index contributed by atoms with van der Waals surface area (Å²) < 4.78 is 0. The van der Waals surface area contributed by atoms with Crippen molar-refractivity contribution < 1.29 is 0 Å². The monoisotopic (exact) mass is 315 g/mol. The van der Waals surface area contributed by atoms with Gasteiger partial charge in [-0.25, -0.2) is 0 Å². The summed E-state index contributed by atoms with van der Waals surface area (Å²) in [7, 11) is 0. The smallest absolute Gasteiger partial charge is 0.0664 e. The van der Waals surface area contributed by atoms with E-state index < -0.39 is 0 Å². The van der Waals surface area contributed by atoms with E-state index in [9.17, 15) is 0 Å². The highest BCUT2D eigenvalue weighted by molar-refractivity contribution is 5.13. The van der Waals surface area contributed by atoms with Gasteiger partial charge in [0, 0.05) is 18.2 Å². The Balaban J connectivity index is 2.40. The molecule has 0 aromatic heterocycles. The summed E-state index contributed by atoms with van der Waals surface area (Å²) in [4.78, 5) is 0. The minimum absolute atomic E-state index is 0.408. The predicted octanol–water partition coefficient (Wildman–Crippen LogP) is 4.58. The summed E-state index contributed by atoms with van der Waals surface area (Å²) in [6, 6.07) is 2.56. The molecular formula is C20H33N3. The van der Waals surface area contributed by atoms with Crippen molar-refractivity contribution in [1.82, 2.24) is 5.32 Å². The Labute approximate surface area is 142 Å². The summed E-state index contributed by atoms with van der Waals surface area (Å²) >= 11 is 0. The number of hydrogen-bond acceptors (Lipinski definition) is 3. The Hall–Kier alpha value is -1.53. The topological polar surface area (TPSA) is 61.8 Å². The van der Waals surface area contributed by atoms with Crippen molar-refractivity contribution >= 4 is 0 Å². The standard InChI is InChI=1S/C20H33N3/c1-3-8-17(2)9-7-14-23-20(15-18-10-4-5-11-18)16-19(22)12-6-13-21/h3,8,12,18,20,23H,2,4-7,9-11,14-16,22H2,1H3/b8-3-,19-12-. The maximum Gasteiger partial charge on any atom is 0.0664 e. The van der Waals surface area contributed by atoms with Crippen molar-refractivity contribution in [2.24, 2.45) is 11.7 Å². The zero-order chi connectivity index (χ0) is 16.9. The predicted molar refractivity (Wildman–Crippen MR) is 98.7 cm³/mol. The minimum Gasteiger partial charge on any atom is -0.402 e. The van der Waals surface area contributed by atoms with Crippen LogP contribution in [-0.4, -0.2) is 12.6 Å². The molecule has 0 heterocycles. The first kappa shape index (κ1) is 19.5. The maximum atomic E-state index is 8.67. The van der Waals surface area contributed by atoms with Crippen LogP contribution >= 0.6 is 0 Å². The molecule has 1 rings (SSSR count). The van der Waals surface area contributed by atoms with Gasteiger partial charge in [0.05, 0.1) is 12.5 Å². The molecule has 0 bridgehead atoms. The number of allylic oxidation sites excluding steroid dienone is 4. The van der Waals surface area contributed by atoms with Gasteiger partial charge in [0.1, 0.15) is 0 Å². The molecule has 0 saturated heterocycles.